The molecule has 1 N–H and O–H groups in total. The van der Waals surface area contributed by atoms with E-state index in [4.69, 9.17) is 9.47 Å². The molecule has 0 aromatic heterocycles. The van der Waals surface area contributed by atoms with Gasteiger partial charge in [0.2, 0.25) is 0 Å². The van der Waals surface area contributed by atoms with E-state index in [0.29, 0.717) is 6.42 Å². The normalized spacial score (nSPS) is 45.8. The van der Waals surface area contributed by atoms with E-state index in [1.54, 1.807) is 0 Å². The van der Waals surface area contributed by atoms with Crippen LogP contribution in [0.3, 0.4) is 0 Å². The smallest absolute Gasteiger partial charge is 0.344 e. The number of hydrogen-bond donors (Lipinski definition) is 1. The molecule has 0 heterocycles. The summed E-state index contributed by atoms with van der Waals surface area (Å²) in [6.45, 7) is 11.1. The number of carbonyl (C=O) groups is 2. The van der Waals surface area contributed by atoms with Gasteiger partial charge >= 0.3 is 11.9 Å². The first-order valence-electron chi connectivity index (χ1n) is 8.68. The van der Waals surface area contributed by atoms with Crippen molar-refractivity contribution in [1.29, 1.82) is 0 Å². The van der Waals surface area contributed by atoms with Crippen LogP contribution in [0.15, 0.2) is 12.2 Å². The van der Waals surface area contributed by atoms with Crippen LogP contribution in [0.25, 0.3) is 0 Å². The van der Waals surface area contributed by atoms with Gasteiger partial charge in [-0.1, -0.05) is 27.4 Å². The van der Waals surface area contributed by atoms with Gasteiger partial charge in [-0.25, -0.2) is 9.59 Å². The molecule has 24 heavy (non-hydrogen) atoms. The van der Waals surface area contributed by atoms with Crippen LogP contribution in [-0.2, 0) is 19.1 Å². The third-order valence-corrected chi connectivity index (χ3v) is 6.49. The van der Waals surface area contributed by atoms with Crippen LogP contribution < -0.4 is 0 Å². The van der Waals surface area contributed by atoms with Gasteiger partial charge in [-0.15, -0.1) is 0 Å². The van der Waals surface area contributed by atoms with Crippen molar-refractivity contribution in [2.24, 2.45) is 16.7 Å². The highest BCUT2D eigenvalue weighted by Crippen LogP contribution is 2.70. The monoisotopic (exact) mass is 336 g/mol. The van der Waals surface area contributed by atoms with E-state index >= 15 is 0 Å². The Balaban J connectivity index is 1.78. The molecule has 0 aromatic carbocycles. The molecule has 134 valence electrons. The number of esters is 2. The van der Waals surface area contributed by atoms with Crippen molar-refractivity contribution < 1.29 is 24.2 Å². The van der Waals surface area contributed by atoms with Crippen molar-refractivity contribution in [2.75, 3.05) is 6.61 Å². The Bertz CT molecular complexity index is 589. The summed E-state index contributed by atoms with van der Waals surface area (Å²) in [5.74, 6) is -0.975. The second-order valence-corrected chi connectivity index (χ2v) is 9.19. The Morgan fingerprint density at radius 1 is 1.17 bits per heavy atom. The quantitative estimate of drug-likeness (QED) is 0.631. The van der Waals surface area contributed by atoms with Crippen LogP contribution in [-0.4, -0.2) is 34.9 Å². The minimum Gasteiger partial charge on any atom is -0.456 e. The lowest BCUT2D eigenvalue weighted by atomic mass is 9.39. The lowest BCUT2D eigenvalue weighted by Gasteiger charge is -2.70. The molecule has 0 radical (unpaired) electrons. The average molecular weight is 336 g/mol. The molecule has 5 nitrogen and oxygen atoms in total. The van der Waals surface area contributed by atoms with E-state index in [2.05, 4.69) is 27.4 Å². The molecule has 5 atom stereocenters. The minimum atomic E-state index is -0.763. The fourth-order valence-corrected chi connectivity index (χ4v) is 6.21. The molecular formula is C19H28O5. The molecule has 4 rings (SSSR count). The van der Waals surface area contributed by atoms with Crippen molar-refractivity contribution in [3.8, 4) is 0 Å². The first-order chi connectivity index (χ1) is 10.9. The molecule has 4 bridgehead atoms. The summed E-state index contributed by atoms with van der Waals surface area (Å²) in [5.41, 5.74) is -1.23. The second-order valence-electron chi connectivity index (χ2n) is 9.19. The third kappa shape index (κ3) is 2.67. The zero-order chi connectivity index (χ0) is 18.0. The predicted molar refractivity (Wildman–Crippen MR) is 88.0 cm³/mol. The maximum atomic E-state index is 12.3. The van der Waals surface area contributed by atoms with E-state index < -0.39 is 29.7 Å². The van der Waals surface area contributed by atoms with Crippen molar-refractivity contribution in [3.63, 3.8) is 0 Å². The highest BCUT2D eigenvalue weighted by atomic mass is 16.6. The zero-order valence-corrected chi connectivity index (χ0v) is 15.1. The largest absolute Gasteiger partial charge is 0.456 e. The van der Waals surface area contributed by atoms with Crippen molar-refractivity contribution >= 4 is 11.9 Å². The molecular weight excluding hydrogens is 308 g/mol. The van der Waals surface area contributed by atoms with E-state index in [0.717, 1.165) is 25.7 Å². The van der Waals surface area contributed by atoms with Crippen LogP contribution in [0, 0.1) is 16.7 Å². The zero-order valence-electron chi connectivity index (χ0n) is 15.1. The predicted octanol–water partition coefficient (Wildman–Crippen LogP) is 2.76. The second kappa shape index (κ2) is 5.07. The SMILES string of the molecule is C=C(C)C(=O)OCC(=O)OC12CC3(C)CC(O)(CC(C)(C3)C1C)C2. The Kier molecular flexibility index (Phi) is 3.69. The highest BCUT2D eigenvalue weighted by molar-refractivity contribution is 5.88. The van der Waals surface area contributed by atoms with E-state index in [-0.39, 0.29) is 22.3 Å². The topological polar surface area (TPSA) is 72.8 Å². The first kappa shape index (κ1) is 17.5. The van der Waals surface area contributed by atoms with Gasteiger partial charge in [0.15, 0.2) is 6.61 Å². The molecule has 0 spiro atoms. The van der Waals surface area contributed by atoms with Gasteiger partial charge in [-0.2, -0.15) is 0 Å². The maximum Gasteiger partial charge on any atom is 0.344 e. The van der Waals surface area contributed by atoms with E-state index in [9.17, 15) is 14.7 Å². The van der Waals surface area contributed by atoms with Crippen molar-refractivity contribution in [2.45, 2.75) is 71.0 Å². The van der Waals surface area contributed by atoms with E-state index in [1.165, 1.54) is 6.92 Å². The Hall–Kier alpha value is -1.36. The fraction of sp³-hybridized carbons (Fsp3) is 0.789. The summed E-state index contributed by atoms with van der Waals surface area (Å²) in [7, 11) is 0. The number of aliphatic hydroxyl groups is 1. The van der Waals surface area contributed by atoms with Gasteiger partial charge in [0.25, 0.3) is 0 Å². The molecule has 0 aromatic rings. The number of hydrogen-bond acceptors (Lipinski definition) is 5. The Morgan fingerprint density at radius 3 is 2.42 bits per heavy atom. The van der Waals surface area contributed by atoms with Crippen LogP contribution in [0.5, 0.6) is 0 Å². The van der Waals surface area contributed by atoms with Gasteiger partial charge in [-0.3, -0.25) is 0 Å². The Morgan fingerprint density at radius 2 is 1.83 bits per heavy atom. The maximum absolute atomic E-state index is 12.3. The van der Waals surface area contributed by atoms with Gasteiger partial charge < -0.3 is 14.6 Å². The third-order valence-electron chi connectivity index (χ3n) is 6.49. The number of rotatable bonds is 4. The standard InChI is InChI=1S/C19H28O5/c1-12(2)15(21)23-6-14(20)24-19-9-16(4)7-17(5,13(19)3)10-18(22,8-16)11-19/h13,22H,1,6-11H2,2-5H3. The molecule has 0 saturated heterocycles. The molecule has 4 saturated carbocycles. The van der Waals surface area contributed by atoms with Gasteiger partial charge in [0.1, 0.15) is 5.60 Å². The summed E-state index contributed by atoms with van der Waals surface area (Å²) in [6, 6.07) is 0. The van der Waals surface area contributed by atoms with Gasteiger partial charge in [-0.05, 0) is 43.4 Å². The first-order valence-corrected chi connectivity index (χ1v) is 8.68. The molecule has 4 aliphatic carbocycles. The molecule has 5 unspecified atom stereocenters. The van der Waals surface area contributed by atoms with Crippen LogP contribution >= 0.6 is 0 Å². The summed E-state index contributed by atoms with van der Waals surface area (Å²) >= 11 is 0. The summed E-state index contributed by atoms with van der Waals surface area (Å²) in [5, 5.41) is 11.0. The molecule has 0 amide bonds. The molecule has 5 heteroatoms. The lowest BCUT2D eigenvalue weighted by Crippen LogP contribution is -2.70. The van der Waals surface area contributed by atoms with Crippen molar-refractivity contribution in [1.82, 2.24) is 0 Å². The summed E-state index contributed by atoms with van der Waals surface area (Å²) in [4.78, 5) is 23.8. The van der Waals surface area contributed by atoms with Gasteiger partial charge in [0, 0.05) is 17.9 Å². The highest BCUT2D eigenvalue weighted by Gasteiger charge is 2.70. The number of carbonyl (C=O) groups excluding carboxylic acids is 2. The summed E-state index contributed by atoms with van der Waals surface area (Å²) in [6.07, 6.45) is 3.83. The lowest BCUT2D eigenvalue weighted by molar-refractivity contribution is -0.287. The van der Waals surface area contributed by atoms with Crippen LogP contribution in [0.1, 0.15) is 59.8 Å². The molecule has 4 aliphatic rings. The average Bonchev–Trinajstić information content (AvgIpc) is 2.38. The molecule has 4 fully saturated rings. The van der Waals surface area contributed by atoms with E-state index in [1.807, 2.05) is 0 Å². The van der Waals surface area contributed by atoms with Crippen molar-refractivity contribution in [3.05, 3.63) is 12.2 Å². The summed E-state index contributed by atoms with van der Waals surface area (Å²) < 4.78 is 10.8. The molecule has 0 aliphatic heterocycles. The minimum absolute atomic E-state index is 0.0127. The fourth-order valence-electron chi connectivity index (χ4n) is 6.21. The Labute approximate surface area is 143 Å². The van der Waals surface area contributed by atoms with Gasteiger partial charge in [0.05, 0.1) is 5.60 Å². The van der Waals surface area contributed by atoms with Crippen LogP contribution in [0.2, 0.25) is 0 Å². The van der Waals surface area contributed by atoms with Crippen LogP contribution in [0.4, 0.5) is 0 Å². The number of ether oxygens (including phenoxy) is 2.